The minimum absolute atomic E-state index is 0.127. The van der Waals surface area contributed by atoms with Crippen LogP contribution >= 0.6 is 0 Å². The Hall–Kier alpha value is -1.88. The van der Waals surface area contributed by atoms with Crippen LogP contribution in [0, 0.1) is 0 Å². The van der Waals surface area contributed by atoms with Crippen molar-refractivity contribution in [3.05, 3.63) is 35.7 Å². The van der Waals surface area contributed by atoms with Crippen LogP contribution in [0.2, 0.25) is 0 Å². The van der Waals surface area contributed by atoms with E-state index in [1.807, 2.05) is 13.0 Å². The maximum Gasteiger partial charge on any atom is 0.337 e. The molecular formula is C10H10N2O3. The standard InChI is InChI=1S/C10H10N2O3/c1-6-2-3-8-11-4-7(10(14)15)9(13)12(8)5-6/h2-5,9,13H,1H3,(H,14,15). The van der Waals surface area contributed by atoms with E-state index in [9.17, 15) is 9.90 Å². The van der Waals surface area contributed by atoms with Crippen molar-refractivity contribution in [1.29, 1.82) is 0 Å². The predicted molar refractivity (Wildman–Crippen MR) is 53.9 cm³/mol. The zero-order chi connectivity index (χ0) is 11.0. The van der Waals surface area contributed by atoms with E-state index in [4.69, 9.17) is 5.11 Å². The minimum atomic E-state index is -1.17. The fraction of sp³-hybridized carbons (Fsp3) is 0.200. The largest absolute Gasteiger partial charge is 0.478 e. The summed E-state index contributed by atoms with van der Waals surface area (Å²) >= 11 is 0. The number of allylic oxidation sites excluding steroid dienone is 2. The normalized spacial score (nSPS) is 24.0. The average Bonchev–Trinajstić information content (AvgIpc) is 2.19. The second-order valence-electron chi connectivity index (χ2n) is 3.36. The van der Waals surface area contributed by atoms with Crippen molar-refractivity contribution in [2.45, 2.75) is 13.2 Å². The van der Waals surface area contributed by atoms with Gasteiger partial charge >= 0.3 is 5.97 Å². The van der Waals surface area contributed by atoms with Crippen molar-refractivity contribution >= 4 is 11.8 Å². The Morgan fingerprint density at radius 1 is 1.53 bits per heavy atom. The average molecular weight is 206 g/mol. The highest BCUT2D eigenvalue weighted by molar-refractivity contribution is 5.99. The smallest absolute Gasteiger partial charge is 0.337 e. The summed E-state index contributed by atoms with van der Waals surface area (Å²) in [6, 6.07) is 0. The highest BCUT2D eigenvalue weighted by Gasteiger charge is 2.29. The number of aliphatic imine (C=N–C) groups is 1. The van der Waals surface area contributed by atoms with E-state index in [2.05, 4.69) is 4.99 Å². The first-order chi connectivity index (χ1) is 7.09. The van der Waals surface area contributed by atoms with E-state index >= 15 is 0 Å². The Morgan fingerprint density at radius 3 is 2.93 bits per heavy atom. The molecule has 2 aliphatic rings. The number of fused-ring (bicyclic) bond motifs is 1. The van der Waals surface area contributed by atoms with Gasteiger partial charge in [0.2, 0.25) is 0 Å². The van der Waals surface area contributed by atoms with Crippen LogP contribution in [-0.2, 0) is 4.79 Å². The first kappa shape index (κ1) is 9.67. The maximum atomic E-state index is 10.8. The number of hydrogen-bond acceptors (Lipinski definition) is 4. The number of hydrogen-bond donors (Lipinski definition) is 2. The number of amidine groups is 1. The summed E-state index contributed by atoms with van der Waals surface area (Å²) < 4.78 is 0. The van der Waals surface area contributed by atoms with Crippen LogP contribution in [0.15, 0.2) is 40.7 Å². The number of nitrogens with zero attached hydrogens (tertiary/aromatic N) is 2. The van der Waals surface area contributed by atoms with E-state index in [-0.39, 0.29) is 5.57 Å². The van der Waals surface area contributed by atoms with Crippen LogP contribution in [0.1, 0.15) is 6.92 Å². The SMILES string of the molecule is CC1=CN2C(=NC=C(C(=O)O)C2O)C=C1. The number of aliphatic hydroxyl groups is 1. The van der Waals surface area contributed by atoms with Gasteiger partial charge in [-0.2, -0.15) is 0 Å². The number of aliphatic hydroxyl groups excluding tert-OH is 1. The van der Waals surface area contributed by atoms with Crippen LogP contribution in [0.25, 0.3) is 0 Å². The van der Waals surface area contributed by atoms with E-state index < -0.39 is 12.2 Å². The lowest BCUT2D eigenvalue weighted by molar-refractivity contribution is -0.134. The van der Waals surface area contributed by atoms with Crippen LogP contribution in [0.5, 0.6) is 0 Å². The molecule has 0 saturated heterocycles. The van der Waals surface area contributed by atoms with Gasteiger partial charge in [0.1, 0.15) is 11.4 Å². The molecule has 0 aromatic heterocycles. The van der Waals surface area contributed by atoms with Crippen LogP contribution in [-0.4, -0.2) is 33.1 Å². The van der Waals surface area contributed by atoms with Gasteiger partial charge in [0, 0.05) is 12.4 Å². The molecule has 1 atom stereocenters. The van der Waals surface area contributed by atoms with Crippen LogP contribution < -0.4 is 0 Å². The molecule has 0 aliphatic carbocycles. The van der Waals surface area contributed by atoms with Crippen molar-refractivity contribution in [3.63, 3.8) is 0 Å². The van der Waals surface area contributed by atoms with E-state index in [0.29, 0.717) is 5.84 Å². The van der Waals surface area contributed by atoms with Gasteiger partial charge < -0.3 is 15.1 Å². The number of carboxylic acids is 1. The Balaban J connectivity index is 2.40. The molecule has 0 bridgehead atoms. The second kappa shape index (κ2) is 3.36. The molecule has 5 heteroatoms. The molecule has 2 aliphatic heterocycles. The molecular weight excluding hydrogens is 196 g/mol. The first-order valence-corrected chi connectivity index (χ1v) is 4.43. The quantitative estimate of drug-likeness (QED) is 0.653. The Kier molecular flexibility index (Phi) is 2.17. The molecule has 2 N–H and O–H groups in total. The summed E-state index contributed by atoms with van der Waals surface area (Å²) in [5, 5.41) is 18.6. The third-order valence-corrected chi connectivity index (χ3v) is 2.23. The molecule has 0 saturated carbocycles. The molecule has 1 unspecified atom stereocenters. The summed E-state index contributed by atoms with van der Waals surface area (Å²) in [6.07, 6.45) is 5.25. The molecule has 0 amide bonds. The van der Waals surface area contributed by atoms with Crippen LogP contribution in [0.3, 0.4) is 0 Å². The molecule has 0 aromatic rings. The van der Waals surface area contributed by atoms with E-state index in [0.717, 1.165) is 5.57 Å². The number of carboxylic acid groups (broad SMARTS) is 1. The van der Waals surface area contributed by atoms with Gasteiger partial charge in [-0.15, -0.1) is 0 Å². The zero-order valence-electron chi connectivity index (χ0n) is 8.08. The number of aliphatic carboxylic acids is 1. The van der Waals surface area contributed by atoms with Gasteiger partial charge in [0.05, 0.1) is 0 Å². The molecule has 0 aromatic carbocycles. The van der Waals surface area contributed by atoms with Crippen molar-refractivity contribution < 1.29 is 15.0 Å². The lowest BCUT2D eigenvalue weighted by atomic mass is 10.1. The van der Waals surface area contributed by atoms with Crippen molar-refractivity contribution in [3.8, 4) is 0 Å². The maximum absolute atomic E-state index is 10.8. The Labute approximate surface area is 86.3 Å². The van der Waals surface area contributed by atoms with Gasteiger partial charge in [-0.3, -0.25) is 0 Å². The van der Waals surface area contributed by atoms with Crippen LogP contribution in [0.4, 0.5) is 0 Å². The van der Waals surface area contributed by atoms with Gasteiger partial charge in [-0.25, -0.2) is 9.79 Å². The summed E-state index contributed by atoms with van der Waals surface area (Å²) in [6.45, 7) is 1.86. The third-order valence-electron chi connectivity index (χ3n) is 2.23. The number of carbonyl (C=O) groups is 1. The lowest BCUT2D eigenvalue weighted by Crippen LogP contribution is -2.41. The van der Waals surface area contributed by atoms with Crippen molar-refractivity contribution in [2.75, 3.05) is 0 Å². The van der Waals surface area contributed by atoms with E-state index in [1.54, 1.807) is 12.3 Å². The molecule has 0 radical (unpaired) electrons. The predicted octanol–water partition coefficient (Wildman–Crippen LogP) is 0.461. The summed E-state index contributed by atoms with van der Waals surface area (Å²) in [5.41, 5.74) is 0.803. The Bertz CT molecular complexity index is 432. The monoisotopic (exact) mass is 206 g/mol. The second-order valence-corrected chi connectivity index (χ2v) is 3.36. The van der Waals surface area contributed by atoms with Gasteiger partial charge in [-0.1, -0.05) is 6.08 Å². The summed E-state index contributed by atoms with van der Waals surface area (Å²) in [5.74, 6) is -0.621. The fourth-order valence-electron chi connectivity index (χ4n) is 1.44. The molecule has 2 rings (SSSR count). The van der Waals surface area contributed by atoms with Gasteiger partial charge in [0.15, 0.2) is 6.23 Å². The van der Waals surface area contributed by atoms with E-state index in [1.165, 1.54) is 11.1 Å². The molecule has 2 heterocycles. The number of rotatable bonds is 1. The molecule has 0 spiro atoms. The third kappa shape index (κ3) is 1.57. The topological polar surface area (TPSA) is 73.1 Å². The van der Waals surface area contributed by atoms with Gasteiger partial charge in [0.25, 0.3) is 0 Å². The molecule has 0 fully saturated rings. The zero-order valence-corrected chi connectivity index (χ0v) is 8.08. The molecule has 15 heavy (non-hydrogen) atoms. The highest BCUT2D eigenvalue weighted by atomic mass is 16.4. The fourth-order valence-corrected chi connectivity index (χ4v) is 1.44. The van der Waals surface area contributed by atoms with Crippen molar-refractivity contribution in [1.82, 2.24) is 4.90 Å². The van der Waals surface area contributed by atoms with Crippen molar-refractivity contribution in [2.24, 2.45) is 4.99 Å². The lowest BCUT2D eigenvalue weighted by Gasteiger charge is -2.31. The molecule has 78 valence electrons. The Morgan fingerprint density at radius 2 is 2.27 bits per heavy atom. The summed E-state index contributed by atoms with van der Waals surface area (Å²) in [4.78, 5) is 16.1. The first-order valence-electron chi connectivity index (χ1n) is 4.43. The summed E-state index contributed by atoms with van der Waals surface area (Å²) in [7, 11) is 0. The van der Waals surface area contributed by atoms with Gasteiger partial charge in [-0.05, 0) is 18.6 Å². The molecule has 5 nitrogen and oxygen atoms in total. The minimum Gasteiger partial charge on any atom is -0.478 e. The highest BCUT2D eigenvalue weighted by Crippen LogP contribution is 2.20.